The minimum absolute atomic E-state index is 0.523. The number of aldehydes is 1. The van der Waals surface area contributed by atoms with Crippen molar-refractivity contribution >= 4 is 6.29 Å². The van der Waals surface area contributed by atoms with E-state index in [1.807, 2.05) is 6.92 Å². The van der Waals surface area contributed by atoms with Crippen molar-refractivity contribution < 1.29 is 9.53 Å². The van der Waals surface area contributed by atoms with E-state index in [1.165, 1.54) is 6.33 Å². The molecule has 0 fully saturated rings. The van der Waals surface area contributed by atoms with Gasteiger partial charge in [0.25, 0.3) is 0 Å². The van der Waals surface area contributed by atoms with Crippen LogP contribution in [0.4, 0.5) is 0 Å². The van der Waals surface area contributed by atoms with Gasteiger partial charge in [0.05, 0.1) is 6.61 Å². The zero-order valence-corrected chi connectivity index (χ0v) is 7.56. The van der Waals surface area contributed by atoms with Crippen molar-refractivity contribution in [2.45, 2.75) is 19.8 Å². The van der Waals surface area contributed by atoms with Crippen molar-refractivity contribution in [2.24, 2.45) is 0 Å². The van der Waals surface area contributed by atoms with Gasteiger partial charge in [-0.2, -0.15) is 0 Å². The topological polar surface area (TPSA) is 52.1 Å². The molecular formula is C9H12N2O2. The standard InChI is InChI=1S/C9H12N2O2/c1-8-6-9(11-7-10-8)13-5-3-2-4-12/h4,6-7H,2-3,5H2,1H3. The highest BCUT2D eigenvalue weighted by atomic mass is 16.5. The Balaban J connectivity index is 2.32. The van der Waals surface area contributed by atoms with Crippen molar-refractivity contribution in [1.82, 2.24) is 9.97 Å². The average Bonchev–Trinajstić information content (AvgIpc) is 2.13. The van der Waals surface area contributed by atoms with E-state index in [0.29, 0.717) is 18.9 Å². The van der Waals surface area contributed by atoms with Gasteiger partial charge in [0.1, 0.15) is 12.6 Å². The molecule has 1 aromatic rings. The molecule has 0 aliphatic rings. The minimum atomic E-state index is 0.523. The Morgan fingerprint density at radius 2 is 2.38 bits per heavy atom. The van der Waals surface area contributed by atoms with Crippen molar-refractivity contribution in [2.75, 3.05) is 6.61 Å². The molecule has 1 aromatic heterocycles. The van der Waals surface area contributed by atoms with Crippen LogP contribution in [0, 0.1) is 6.92 Å². The molecule has 4 heteroatoms. The summed E-state index contributed by atoms with van der Waals surface area (Å²) in [6, 6.07) is 1.76. The van der Waals surface area contributed by atoms with E-state index in [4.69, 9.17) is 4.74 Å². The molecule has 0 aliphatic heterocycles. The minimum Gasteiger partial charge on any atom is -0.478 e. The lowest BCUT2D eigenvalue weighted by Gasteiger charge is -2.02. The largest absolute Gasteiger partial charge is 0.478 e. The molecule has 0 spiro atoms. The molecule has 0 saturated carbocycles. The number of carbonyl (C=O) groups excluding carboxylic acids is 1. The first-order valence-corrected chi connectivity index (χ1v) is 4.18. The summed E-state index contributed by atoms with van der Waals surface area (Å²) in [7, 11) is 0. The Bertz CT molecular complexity index is 276. The summed E-state index contributed by atoms with van der Waals surface area (Å²) >= 11 is 0. The van der Waals surface area contributed by atoms with E-state index < -0.39 is 0 Å². The molecular weight excluding hydrogens is 168 g/mol. The summed E-state index contributed by atoms with van der Waals surface area (Å²) in [4.78, 5) is 17.8. The third-order valence-corrected chi connectivity index (χ3v) is 1.49. The fraction of sp³-hybridized carbons (Fsp3) is 0.444. The van der Waals surface area contributed by atoms with Gasteiger partial charge < -0.3 is 9.53 Å². The summed E-state index contributed by atoms with van der Waals surface area (Å²) < 4.78 is 5.28. The first-order valence-electron chi connectivity index (χ1n) is 4.18. The second-order valence-electron chi connectivity index (χ2n) is 2.65. The van der Waals surface area contributed by atoms with Gasteiger partial charge in [-0.05, 0) is 13.3 Å². The van der Waals surface area contributed by atoms with E-state index in [0.717, 1.165) is 18.4 Å². The van der Waals surface area contributed by atoms with E-state index in [2.05, 4.69) is 9.97 Å². The van der Waals surface area contributed by atoms with Crippen LogP contribution in [-0.2, 0) is 4.79 Å². The van der Waals surface area contributed by atoms with Crippen LogP contribution >= 0.6 is 0 Å². The molecule has 70 valence electrons. The smallest absolute Gasteiger partial charge is 0.216 e. The maximum Gasteiger partial charge on any atom is 0.216 e. The number of unbranched alkanes of at least 4 members (excludes halogenated alkanes) is 1. The Hall–Kier alpha value is -1.45. The average molecular weight is 180 g/mol. The monoisotopic (exact) mass is 180 g/mol. The van der Waals surface area contributed by atoms with Crippen LogP contribution in [0.3, 0.4) is 0 Å². The zero-order valence-electron chi connectivity index (χ0n) is 7.56. The second-order valence-corrected chi connectivity index (χ2v) is 2.65. The van der Waals surface area contributed by atoms with Crippen LogP contribution in [-0.4, -0.2) is 22.9 Å². The van der Waals surface area contributed by atoms with Gasteiger partial charge >= 0.3 is 0 Å². The summed E-state index contributed by atoms with van der Waals surface area (Å²) in [5, 5.41) is 0. The Labute approximate surface area is 77.0 Å². The fourth-order valence-electron chi connectivity index (χ4n) is 0.852. The SMILES string of the molecule is Cc1cc(OCCCC=O)ncn1. The predicted octanol–water partition coefficient (Wildman–Crippen LogP) is 1.14. The quantitative estimate of drug-likeness (QED) is 0.503. The third kappa shape index (κ3) is 3.64. The van der Waals surface area contributed by atoms with Gasteiger partial charge in [-0.1, -0.05) is 0 Å². The van der Waals surface area contributed by atoms with Crippen LogP contribution in [0.5, 0.6) is 5.88 Å². The highest BCUT2D eigenvalue weighted by Crippen LogP contribution is 2.05. The van der Waals surface area contributed by atoms with E-state index >= 15 is 0 Å². The van der Waals surface area contributed by atoms with Crippen LogP contribution in [0.25, 0.3) is 0 Å². The lowest BCUT2D eigenvalue weighted by atomic mass is 10.3. The Morgan fingerprint density at radius 3 is 3.08 bits per heavy atom. The normalized spacial score (nSPS) is 9.62. The highest BCUT2D eigenvalue weighted by molar-refractivity contribution is 5.48. The summed E-state index contributed by atoms with van der Waals surface area (Å²) in [6.45, 7) is 2.40. The number of rotatable bonds is 5. The predicted molar refractivity (Wildman–Crippen MR) is 47.6 cm³/mol. The molecule has 1 heterocycles. The number of aromatic nitrogens is 2. The summed E-state index contributed by atoms with van der Waals surface area (Å²) in [6.07, 6.45) is 3.61. The molecule has 0 atom stereocenters. The Morgan fingerprint density at radius 1 is 1.54 bits per heavy atom. The molecule has 0 bridgehead atoms. The number of hydrogen-bond acceptors (Lipinski definition) is 4. The number of aryl methyl sites for hydroxylation is 1. The van der Waals surface area contributed by atoms with Gasteiger partial charge in [-0.3, -0.25) is 0 Å². The first-order chi connectivity index (χ1) is 6.33. The summed E-state index contributed by atoms with van der Waals surface area (Å²) in [5.41, 5.74) is 0.875. The molecule has 0 N–H and O–H groups in total. The van der Waals surface area contributed by atoms with Crippen LogP contribution in [0.1, 0.15) is 18.5 Å². The van der Waals surface area contributed by atoms with Crippen LogP contribution in [0.15, 0.2) is 12.4 Å². The maximum absolute atomic E-state index is 9.99. The number of carbonyl (C=O) groups is 1. The number of ether oxygens (including phenoxy) is 1. The Kier molecular flexibility index (Phi) is 3.88. The van der Waals surface area contributed by atoms with Crippen LogP contribution in [0.2, 0.25) is 0 Å². The van der Waals surface area contributed by atoms with Gasteiger partial charge in [0, 0.05) is 18.2 Å². The third-order valence-electron chi connectivity index (χ3n) is 1.49. The molecule has 0 unspecified atom stereocenters. The lowest BCUT2D eigenvalue weighted by Crippen LogP contribution is -1.99. The number of nitrogens with zero attached hydrogens (tertiary/aromatic N) is 2. The zero-order chi connectivity index (χ0) is 9.52. The first kappa shape index (κ1) is 9.64. The molecule has 4 nitrogen and oxygen atoms in total. The molecule has 0 aliphatic carbocycles. The highest BCUT2D eigenvalue weighted by Gasteiger charge is 1.95. The maximum atomic E-state index is 9.99. The van der Waals surface area contributed by atoms with Gasteiger partial charge in [-0.25, -0.2) is 9.97 Å². The lowest BCUT2D eigenvalue weighted by molar-refractivity contribution is -0.108. The van der Waals surface area contributed by atoms with Crippen molar-refractivity contribution in [3.05, 3.63) is 18.1 Å². The van der Waals surface area contributed by atoms with E-state index in [9.17, 15) is 4.79 Å². The molecule has 0 aromatic carbocycles. The molecule has 0 saturated heterocycles. The van der Waals surface area contributed by atoms with E-state index in [1.54, 1.807) is 6.07 Å². The van der Waals surface area contributed by atoms with E-state index in [-0.39, 0.29) is 0 Å². The van der Waals surface area contributed by atoms with Crippen LogP contribution < -0.4 is 4.74 Å². The molecule has 0 amide bonds. The number of hydrogen-bond donors (Lipinski definition) is 0. The fourth-order valence-corrected chi connectivity index (χ4v) is 0.852. The van der Waals surface area contributed by atoms with Crippen molar-refractivity contribution in [1.29, 1.82) is 0 Å². The van der Waals surface area contributed by atoms with Crippen molar-refractivity contribution in [3.8, 4) is 5.88 Å². The summed E-state index contributed by atoms with van der Waals surface area (Å²) in [5.74, 6) is 0.568. The molecule has 13 heavy (non-hydrogen) atoms. The van der Waals surface area contributed by atoms with Gasteiger partial charge in [0.2, 0.25) is 5.88 Å². The van der Waals surface area contributed by atoms with Gasteiger partial charge in [-0.15, -0.1) is 0 Å². The second kappa shape index (κ2) is 5.24. The van der Waals surface area contributed by atoms with Gasteiger partial charge in [0.15, 0.2) is 0 Å². The van der Waals surface area contributed by atoms with Crippen molar-refractivity contribution in [3.63, 3.8) is 0 Å². The molecule has 0 radical (unpaired) electrons. The molecule has 1 rings (SSSR count).